The van der Waals surface area contributed by atoms with Crippen LogP contribution in [0.3, 0.4) is 0 Å². The number of para-hydroxylation sites is 1. The third kappa shape index (κ3) is 4.20. The summed E-state index contributed by atoms with van der Waals surface area (Å²) in [7, 11) is 4.18. The average Bonchev–Trinajstić information content (AvgIpc) is 2.48. The lowest BCUT2D eigenvalue weighted by Crippen LogP contribution is -2.30. The second-order valence-corrected chi connectivity index (χ2v) is 5.63. The van der Waals surface area contributed by atoms with Crippen molar-refractivity contribution in [3.63, 3.8) is 0 Å². The van der Waals surface area contributed by atoms with Crippen LogP contribution in [0.1, 0.15) is 17.5 Å². The standard InChI is InChI=1S/C19H23NO/c1-15(18-11-7-8-12-19(18)21)13-17(20(2)3)14-16-9-5-4-6-10-16/h4-12,17,21H,1,13-14H2,2-3H3. The maximum Gasteiger partial charge on any atom is 0.123 e. The normalized spacial score (nSPS) is 12.3. The fourth-order valence-electron chi connectivity index (χ4n) is 2.49. The number of nitrogens with zero attached hydrogens (tertiary/aromatic N) is 1. The van der Waals surface area contributed by atoms with Crippen LogP contribution in [0.15, 0.2) is 61.2 Å². The Balaban J connectivity index is 2.10. The maximum absolute atomic E-state index is 9.95. The highest BCUT2D eigenvalue weighted by Crippen LogP contribution is 2.28. The van der Waals surface area contributed by atoms with E-state index in [0.29, 0.717) is 11.8 Å². The van der Waals surface area contributed by atoms with Gasteiger partial charge < -0.3 is 10.0 Å². The molecule has 0 heterocycles. The molecule has 2 heteroatoms. The highest BCUT2D eigenvalue weighted by Gasteiger charge is 2.15. The molecule has 0 spiro atoms. The van der Waals surface area contributed by atoms with E-state index in [9.17, 15) is 5.11 Å². The molecule has 0 bridgehead atoms. The van der Waals surface area contributed by atoms with Crippen molar-refractivity contribution in [2.75, 3.05) is 14.1 Å². The Labute approximate surface area is 127 Å². The summed E-state index contributed by atoms with van der Waals surface area (Å²) in [6, 6.07) is 18.2. The number of phenols is 1. The minimum atomic E-state index is 0.305. The SMILES string of the molecule is C=C(CC(Cc1ccccc1)N(C)C)c1ccccc1O. The van der Waals surface area contributed by atoms with Gasteiger partial charge in [-0.25, -0.2) is 0 Å². The van der Waals surface area contributed by atoms with Crippen molar-refractivity contribution in [2.24, 2.45) is 0 Å². The van der Waals surface area contributed by atoms with Gasteiger partial charge in [-0.05, 0) is 44.1 Å². The number of rotatable bonds is 6. The molecule has 2 aromatic rings. The van der Waals surface area contributed by atoms with Crippen LogP contribution < -0.4 is 0 Å². The van der Waals surface area contributed by atoms with E-state index in [-0.39, 0.29) is 0 Å². The minimum Gasteiger partial charge on any atom is -0.507 e. The summed E-state index contributed by atoms with van der Waals surface area (Å²) in [5.41, 5.74) is 3.14. The zero-order chi connectivity index (χ0) is 15.2. The Morgan fingerprint density at radius 1 is 1.05 bits per heavy atom. The maximum atomic E-state index is 9.95. The van der Waals surface area contributed by atoms with Gasteiger partial charge in [0.25, 0.3) is 0 Å². The van der Waals surface area contributed by atoms with Gasteiger partial charge in [0, 0.05) is 11.6 Å². The van der Waals surface area contributed by atoms with Crippen molar-refractivity contribution in [1.29, 1.82) is 0 Å². The molecule has 0 saturated carbocycles. The first kappa shape index (κ1) is 15.3. The summed E-state index contributed by atoms with van der Waals surface area (Å²) < 4.78 is 0. The molecule has 21 heavy (non-hydrogen) atoms. The molecule has 1 N–H and O–H groups in total. The molecule has 0 radical (unpaired) electrons. The minimum absolute atomic E-state index is 0.305. The first-order valence-electron chi connectivity index (χ1n) is 7.24. The Hall–Kier alpha value is -2.06. The highest BCUT2D eigenvalue weighted by molar-refractivity contribution is 5.68. The van der Waals surface area contributed by atoms with Gasteiger partial charge in [-0.1, -0.05) is 55.1 Å². The number of aromatic hydroxyl groups is 1. The summed E-state index contributed by atoms with van der Waals surface area (Å²) in [4.78, 5) is 2.22. The number of likely N-dealkylation sites (N-methyl/N-ethyl adjacent to an activating group) is 1. The predicted molar refractivity (Wildman–Crippen MR) is 89.4 cm³/mol. The van der Waals surface area contributed by atoms with Crippen molar-refractivity contribution >= 4 is 5.57 Å². The third-order valence-corrected chi connectivity index (χ3v) is 3.81. The number of hydrogen-bond donors (Lipinski definition) is 1. The fraction of sp³-hybridized carbons (Fsp3) is 0.263. The molecule has 0 amide bonds. The van der Waals surface area contributed by atoms with Gasteiger partial charge >= 0.3 is 0 Å². The summed E-state index contributed by atoms with van der Waals surface area (Å²) >= 11 is 0. The van der Waals surface area contributed by atoms with Gasteiger partial charge in [-0.15, -0.1) is 0 Å². The van der Waals surface area contributed by atoms with Gasteiger partial charge in [0.05, 0.1) is 0 Å². The third-order valence-electron chi connectivity index (χ3n) is 3.81. The van der Waals surface area contributed by atoms with Crippen LogP contribution in [0.4, 0.5) is 0 Å². The molecule has 0 aliphatic carbocycles. The fourth-order valence-corrected chi connectivity index (χ4v) is 2.49. The Bertz CT molecular complexity index is 590. The zero-order valence-corrected chi connectivity index (χ0v) is 12.8. The van der Waals surface area contributed by atoms with E-state index in [1.165, 1.54) is 5.56 Å². The second-order valence-electron chi connectivity index (χ2n) is 5.63. The average molecular weight is 281 g/mol. The smallest absolute Gasteiger partial charge is 0.123 e. The molecule has 0 aliphatic rings. The van der Waals surface area contributed by atoms with Crippen LogP contribution in [0.2, 0.25) is 0 Å². The summed E-state index contributed by atoms with van der Waals surface area (Å²) in [6.07, 6.45) is 1.81. The predicted octanol–water partition coefficient (Wildman–Crippen LogP) is 3.97. The van der Waals surface area contributed by atoms with Gasteiger partial charge in [0.2, 0.25) is 0 Å². The molecule has 2 nitrogen and oxygen atoms in total. The largest absolute Gasteiger partial charge is 0.507 e. The van der Waals surface area contributed by atoms with E-state index < -0.39 is 0 Å². The molecule has 0 saturated heterocycles. The van der Waals surface area contributed by atoms with Gasteiger partial charge in [0.1, 0.15) is 5.75 Å². The van der Waals surface area contributed by atoms with Crippen LogP contribution >= 0.6 is 0 Å². The zero-order valence-electron chi connectivity index (χ0n) is 12.8. The summed E-state index contributed by atoms with van der Waals surface area (Å²) in [6.45, 7) is 4.16. The van der Waals surface area contributed by atoms with Crippen molar-refractivity contribution in [1.82, 2.24) is 4.90 Å². The van der Waals surface area contributed by atoms with E-state index in [1.807, 2.05) is 24.3 Å². The van der Waals surface area contributed by atoms with Crippen LogP contribution in [0.5, 0.6) is 5.75 Å². The first-order valence-corrected chi connectivity index (χ1v) is 7.24. The molecule has 1 atom stereocenters. The lowest BCUT2D eigenvalue weighted by Gasteiger charge is -2.25. The molecule has 1 unspecified atom stereocenters. The van der Waals surface area contributed by atoms with Crippen LogP contribution in [0.25, 0.3) is 5.57 Å². The molecular formula is C19H23NO. The van der Waals surface area contributed by atoms with Gasteiger partial charge in [0.15, 0.2) is 0 Å². The van der Waals surface area contributed by atoms with Crippen molar-refractivity contribution < 1.29 is 5.11 Å². The van der Waals surface area contributed by atoms with Gasteiger partial charge in [-0.3, -0.25) is 0 Å². The Morgan fingerprint density at radius 2 is 1.67 bits per heavy atom. The summed E-state index contributed by atoms with van der Waals surface area (Å²) in [5, 5.41) is 9.95. The molecule has 110 valence electrons. The Morgan fingerprint density at radius 3 is 2.29 bits per heavy atom. The van der Waals surface area contributed by atoms with Crippen LogP contribution in [0, 0.1) is 0 Å². The second kappa shape index (κ2) is 7.09. The monoisotopic (exact) mass is 281 g/mol. The van der Waals surface area contributed by atoms with Crippen LogP contribution in [-0.2, 0) is 6.42 Å². The molecule has 0 aliphatic heterocycles. The van der Waals surface area contributed by atoms with Crippen molar-refractivity contribution in [2.45, 2.75) is 18.9 Å². The molecule has 2 aromatic carbocycles. The van der Waals surface area contributed by atoms with E-state index in [2.05, 4.69) is 49.8 Å². The quantitative estimate of drug-likeness (QED) is 0.866. The van der Waals surface area contributed by atoms with Crippen LogP contribution in [-0.4, -0.2) is 30.1 Å². The van der Waals surface area contributed by atoms with E-state index in [1.54, 1.807) is 6.07 Å². The lowest BCUT2D eigenvalue weighted by atomic mass is 9.94. The van der Waals surface area contributed by atoms with Crippen molar-refractivity contribution in [3.05, 3.63) is 72.3 Å². The van der Waals surface area contributed by atoms with Gasteiger partial charge in [-0.2, -0.15) is 0 Å². The lowest BCUT2D eigenvalue weighted by molar-refractivity contribution is 0.296. The van der Waals surface area contributed by atoms with E-state index in [4.69, 9.17) is 0 Å². The molecular weight excluding hydrogens is 258 g/mol. The Kier molecular flexibility index (Phi) is 5.18. The molecule has 0 fully saturated rings. The number of phenolic OH excluding ortho intramolecular Hbond substituents is 1. The first-order chi connectivity index (χ1) is 10.1. The topological polar surface area (TPSA) is 23.5 Å². The highest BCUT2D eigenvalue weighted by atomic mass is 16.3. The van der Waals surface area contributed by atoms with E-state index in [0.717, 1.165) is 24.0 Å². The van der Waals surface area contributed by atoms with E-state index >= 15 is 0 Å². The number of benzene rings is 2. The van der Waals surface area contributed by atoms with Crippen molar-refractivity contribution in [3.8, 4) is 5.75 Å². The molecule has 0 aromatic heterocycles. The summed E-state index contributed by atoms with van der Waals surface area (Å²) in [5.74, 6) is 0.305. The molecule has 2 rings (SSSR count). The number of hydrogen-bond acceptors (Lipinski definition) is 2.